The van der Waals surface area contributed by atoms with Gasteiger partial charge >= 0.3 is 5.97 Å². The van der Waals surface area contributed by atoms with Gasteiger partial charge in [0.05, 0.1) is 6.61 Å². The summed E-state index contributed by atoms with van der Waals surface area (Å²) in [5.41, 5.74) is 1.40. The molecule has 0 unspecified atom stereocenters. The molecule has 0 spiro atoms. The van der Waals surface area contributed by atoms with Gasteiger partial charge in [0.25, 0.3) is 0 Å². The fourth-order valence-electron chi connectivity index (χ4n) is 3.10. The molecular weight excluding hydrogens is 310 g/mol. The Hall–Kier alpha value is -1.35. The molecular formula is C22H37NO2. The lowest BCUT2D eigenvalue weighted by molar-refractivity contribution is -0.143. The molecule has 3 nitrogen and oxygen atoms in total. The number of hydrogen-bond donors (Lipinski definition) is 0. The smallest absolute Gasteiger partial charge is 0.305 e. The second kappa shape index (κ2) is 14.9. The fraction of sp³-hybridized carbons (Fsp3) is 0.682. The first kappa shape index (κ1) is 21.7. The third-order valence-corrected chi connectivity index (χ3v) is 4.52. The van der Waals surface area contributed by atoms with Crippen molar-refractivity contribution in [3.05, 3.63) is 35.9 Å². The van der Waals surface area contributed by atoms with Crippen LogP contribution in [0.2, 0.25) is 0 Å². The van der Waals surface area contributed by atoms with Crippen molar-refractivity contribution in [1.29, 1.82) is 0 Å². The molecule has 0 aromatic heterocycles. The van der Waals surface area contributed by atoms with Crippen molar-refractivity contribution < 1.29 is 9.53 Å². The van der Waals surface area contributed by atoms with Crippen LogP contribution in [0.1, 0.15) is 76.7 Å². The summed E-state index contributed by atoms with van der Waals surface area (Å²) in [4.78, 5) is 13.6. The van der Waals surface area contributed by atoms with Crippen LogP contribution in [0.15, 0.2) is 30.3 Å². The molecule has 25 heavy (non-hydrogen) atoms. The summed E-state index contributed by atoms with van der Waals surface area (Å²) in [5, 5.41) is 0. The summed E-state index contributed by atoms with van der Waals surface area (Å²) in [6.07, 6.45) is 11.9. The van der Waals surface area contributed by atoms with Gasteiger partial charge in [-0.1, -0.05) is 75.3 Å². The van der Waals surface area contributed by atoms with E-state index >= 15 is 0 Å². The third-order valence-electron chi connectivity index (χ3n) is 4.52. The lowest BCUT2D eigenvalue weighted by atomic mass is 10.1. The summed E-state index contributed by atoms with van der Waals surface area (Å²) in [6.45, 7) is 4.59. The molecule has 0 aliphatic heterocycles. The molecule has 0 radical (unpaired) electrons. The Morgan fingerprint density at radius 1 is 0.880 bits per heavy atom. The maximum atomic E-state index is 11.2. The highest BCUT2D eigenvalue weighted by Gasteiger charge is 2.01. The molecule has 0 aliphatic carbocycles. The second-order valence-electron chi connectivity index (χ2n) is 6.96. The minimum absolute atomic E-state index is 0.0419. The average molecular weight is 348 g/mol. The first-order valence-electron chi connectivity index (χ1n) is 10.1. The summed E-state index contributed by atoms with van der Waals surface area (Å²) in [5.74, 6) is -0.0419. The van der Waals surface area contributed by atoms with Gasteiger partial charge in [0.15, 0.2) is 0 Å². The number of esters is 1. The monoisotopic (exact) mass is 347 g/mol. The lowest BCUT2D eigenvalue weighted by Crippen LogP contribution is -2.18. The number of carbonyl (C=O) groups excluding carboxylic acids is 1. The number of ether oxygens (including phenoxy) is 1. The van der Waals surface area contributed by atoms with Crippen LogP contribution in [0.3, 0.4) is 0 Å². The van der Waals surface area contributed by atoms with Crippen molar-refractivity contribution in [3.8, 4) is 0 Å². The molecule has 0 bridgehead atoms. The van der Waals surface area contributed by atoms with Gasteiger partial charge in [-0.05, 0) is 38.9 Å². The first-order valence-corrected chi connectivity index (χ1v) is 10.1. The number of rotatable bonds is 15. The van der Waals surface area contributed by atoms with Gasteiger partial charge in [-0.15, -0.1) is 0 Å². The molecule has 0 aliphatic rings. The van der Waals surface area contributed by atoms with E-state index in [-0.39, 0.29) is 5.97 Å². The zero-order chi connectivity index (χ0) is 18.2. The van der Waals surface area contributed by atoms with Crippen LogP contribution in [0.4, 0.5) is 0 Å². The molecule has 1 rings (SSSR count). The molecule has 1 aromatic carbocycles. The van der Waals surface area contributed by atoms with Gasteiger partial charge in [0.2, 0.25) is 0 Å². The first-order chi connectivity index (χ1) is 12.2. The van der Waals surface area contributed by atoms with Gasteiger partial charge in [0.1, 0.15) is 0 Å². The number of unbranched alkanes of at least 4 members (excludes halogenated alkanes) is 8. The Morgan fingerprint density at radius 3 is 2.04 bits per heavy atom. The van der Waals surface area contributed by atoms with Gasteiger partial charge in [-0.2, -0.15) is 0 Å². The quantitative estimate of drug-likeness (QED) is 0.306. The van der Waals surface area contributed by atoms with E-state index in [1.165, 1.54) is 57.1 Å². The van der Waals surface area contributed by atoms with Crippen LogP contribution in [-0.4, -0.2) is 31.1 Å². The van der Waals surface area contributed by atoms with Crippen LogP contribution in [0.5, 0.6) is 0 Å². The van der Waals surface area contributed by atoms with E-state index in [1.807, 2.05) is 6.92 Å². The minimum Gasteiger partial charge on any atom is -0.466 e. The van der Waals surface area contributed by atoms with Gasteiger partial charge in [-0.3, -0.25) is 4.79 Å². The predicted octanol–water partition coefficient (Wildman–Crippen LogP) is 5.58. The summed E-state index contributed by atoms with van der Waals surface area (Å²) in [7, 11) is 2.21. The normalized spacial score (nSPS) is 11.0. The van der Waals surface area contributed by atoms with Crippen molar-refractivity contribution >= 4 is 5.97 Å². The van der Waals surface area contributed by atoms with E-state index in [4.69, 9.17) is 4.74 Å². The summed E-state index contributed by atoms with van der Waals surface area (Å²) in [6, 6.07) is 10.7. The van der Waals surface area contributed by atoms with Crippen LogP contribution in [-0.2, 0) is 16.1 Å². The fourth-order valence-corrected chi connectivity index (χ4v) is 3.10. The highest BCUT2D eigenvalue weighted by atomic mass is 16.5. The SMILES string of the molecule is CCOC(=O)CCCCCCCCCCCN(C)Cc1ccccc1. The Labute approximate surface area is 154 Å². The number of hydrogen-bond acceptors (Lipinski definition) is 3. The number of carbonyl (C=O) groups is 1. The van der Waals surface area contributed by atoms with Gasteiger partial charge in [-0.25, -0.2) is 0 Å². The Kier molecular flexibility index (Phi) is 13.0. The Balaban J connectivity index is 1.83. The number of benzene rings is 1. The minimum atomic E-state index is -0.0419. The highest BCUT2D eigenvalue weighted by molar-refractivity contribution is 5.69. The van der Waals surface area contributed by atoms with Crippen LogP contribution in [0, 0.1) is 0 Å². The van der Waals surface area contributed by atoms with Crippen molar-refractivity contribution in [2.75, 3.05) is 20.2 Å². The van der Waals surface area contributed by atoms with E-state index in [0.717, 1.165) is 19.4 Å². The molecule has 0 atom stereocenters. The highest BCUT2D eigenvalue weighted by Crippen LogP contribution is 2.11. The van der Waals surface area contributed by atoms with Gasteiger partial charge < -0.3 is 9.64 Å². The molecule has 142 valence electrons. The number of nitrogens with zero attached hydrogens (tertiary/aromatic N) is 1. The van der Waals surface area contributed by atoms with Crippen LogP contribution in [0.25, 0.3) is 0 Å². The molecule has 0 saturated heterocycles. The van der Waals surface area contributed by atoms with E-state index < -0.39 is 0 Å². The zero-order valence-electron chi connectivity index (χ0n) is 16.3. The lowest BCUT2D eigenvalue weighted by Gasteiger charge is -2.16. The van der Waals surface area contributed by atoms with Crippen LogP contribution >= 0.6 is 0 Å². The molecule has 1 aromatic rings. The van der Waals surface area contributed by atoms with Crippen molar-refractivity contribution in [2.24, 2.45) is 0 Å². The van der Waals surface area contributed by atoms with Crippen LogP contribution < -0.4 is 0 Å². The summed E-state index contributed by atoms with van der Waals surface area (Å²) >= 11 is 0. The summed E-state index contributed by atoms with van der Waals surface area (Å²) < 4.78 is 4.93. The van der Waals surface area contributed by atoms with Crippen molar-refractivity contribution in [3.63, 3.8) is 0 Å². The molecule has 0 fully saturated rings. The topological polar surface area (TPSA) is 29.5 Å². The molecule has 0 amide bonds. The Bertz CT molecular complexity index is 433. The van der Waals surface area contributed by atoms with Crippen molar-refractivity contribution in [2.45, 2.75) is 77.7 Å². The van der Waals surface area contributed by atoms with E-state index in [0.29, 0.717) is 13.0 Å². The van der Waals surface area contributed by atoms with Crippen molar-refractivity contribution in [1.82, 2.24) is 4.90 Å². The van der Waals surface area contributed by atoms with E-state index in [1.54, 1.807) is 0 Å². The van der Waals surface area contributed by atoms with Gasteiger partial charge in [0, 0.05) is 13.0 Å². The predicted molar refractivity (Wildman–Crippen MR) is 106 cm³/mol. The third kappa shape index (κ3) is 12.6. The Morgan fingerprint density at radius 2 is 1.44 bits per heavy atom. The zero-order valence-corrected chi connectivity index (χ0v) is 16.3. The average Bonchev–Trinajstić information content (AvgIpc) is 2.60. The molecule has 3 heteroatoms. The second-order valence-corrected chi connectivity index (χ2v) is 6.96. The molecule has 0 heterocycles. The standard InChI is InChI=1S/C22H37NO2/c1-3-25-22(24)18-14-9-7-5-4-6-8-10-15-19-23(2)20-21-16-12-11-13-17-21/h11-13,16-17H,3-10,14-15,18-20H2,1-2H3. The van der Waals surface area contributed by atoms with E-state index in [9.17, 15) is 4.79 Å². The molecule has 0 N–H and O–H groups in total. The largest absolute Gasteiger partial charge is 0.466 e. The maximum absolute atomic E-state index is 11.2. The maximum Gasteiger partial charge on any atom is 0.305 e. The van der Waals surface area contributed by atoms with E-state index in [2.05, 4.69) is 42.3 Å². The molecule has 0 saturated carbocycles.